The zero-order valence-corrected chi connectivity index (χ0v) is 19.3. The molecule has 0 spiro atoms. The van der Waals surface area contributed by atoms with Crippen LogP contribution in [0.3, 0.4) is 0 Å². The van der Waals surface area contributed by atoms with Gasteiger partial charge in [0, 0.05) is 15.6 Å². The number of amides is 1. The van der Waals surface area contributed by atoms with Crippen LogP contribution in [0, 0.1) is 6.92 Å². The molecule has 6 heteroatoms. The molecule has 3 aromatic carbocycles. The number of carbonyl (C=O) groups is 2. The molecule has 0 radical (unpaired) electrons. The average molecular weight is 492 g/mol. The van der Waals surface area contributed by atoms with E-state index in [4.69, 9.17) is 4.74 Å². The third kappa shape index (κ3) is 3.94. The van der Waals surface area contributed by atoms with Crippen molar-refractivity contribution in [1.29, 1.82) is 0 Å². The third-order valence-corrected chi connectivity index (χ3v) is 6.51. The van der Waals surface area contributed by atoms with Gasteiger partial charge in [0.15, 0.2) is 0 Å². The molecule has 1 amide bonds. The van der Waals surface area contributed by atoms with Gasteiger partial charge >= 0.3 is 0 Å². The molecule has 1 fully saturated rings. The molecular formula is C26H22BrNO4. The molecule has 162 valence electrons. The van der Waals surface area contributed by atoms with Gasteiger partial charge in [-0.15, -0.1) is 0 Å². The number of hydrogen-bond donors (Lipinski definition) is 1. The van der Waals surface area contributed by atoms with Crippen molar-refractivity contribution in [1.82, 2.24) is 4.90 Å². The van der Waals surface area contributed by atoms with Crippen LogP contribution in [0.5, 0.6) is 5.75 Å². The summed E-state index contributed by atoms with van der Waals surface area (Å²) in [5.74, 6) is -0.910. The number of ether oxygens (including phenoxy) is 1. The molecule has 0 saturated carbocycles. The number of carbonyl (C=O) groups excluding carboxylic acids is 2. The average Bonchev–Trinajstić information content (AvgIpc) is 3.06. The SMILES string of the molecule is COc1ccccc1CN1C(=O)C(=O)/C(=C(\O)c2ccc(Br)c(C)c2)C1c1ccccc1. The standard InChI is InChI=1S/C26H22BrNO4/c1-16-14-18(12-13-20(16)27)24(29)22-23(17-8-4-3-5-9-17)28(26(31)25(22)30)15-19-10-6-7-11-21(19)32-2/h3-14,23,29H,15H2,1-2H3/b24-22-. The van der Waals surface area contributed by atoms with Crippen molar-refractivity contribution >= 4 is 33.4 Å². The van der Waals surface area contributed by atoms with Gasteiger partial charge in [0.05, 0.1) is 25.3 Å². The third-order valence-electron chi connectivity index (χ3n) is 5.62. The maximum Gasteiger partial charge on any atom is 0.295 e. The van der Waals surface area contributed by atoms with Crippen LogP contribution in [0.2, 0.25) is 0 Å². The summed E-state index contributed by atoms with van der Waals surface area (Å²) >= 11 is 3.45. The number of hydrogen-bond acceptors (Lipinski definition) is 4. The van der Waals surface area contributed by atoms with Crippen LogP contribution in [0.25, 0.3) is 5.76 Å². The maximum atomic E-state index is 13.2. The number of methoxy groups -OCH3 is 1. The van der Waals surface area contributed by atoms with Crippen molar-refractivity contribution in [3.05, 3.63) is 105 Å². The molecular weight excluding hydrogens is 470 g/mol. The Balaban J connectivity index is 1.87. The molecule has 1 aliphatic rings. The summed E-state index contributed by atoms with van der Waals surface area (Å²) in [6.45, 7) is 2.07. The lowest BCUT2D eigenvalue weighted by Gasteiger charge is -2.26. The second-order valence-corrected chi connectivity index (χ2v) is 8.47. The molecule has 0 bridgehead atoms. The minimum atomic E-state index is -0.718. The molecule has 1 unspecified atom stereocenters. The predicted molar refractivity (Wildman–Crippen MR) is 126 cm³/mol. The first-order valence-electron chi connectivity index (χ1n) is 10.1. The number of para-hydroxylation sites is 1. The number of aliphatic hydroxyl groups excluding tert-OH is 1. The molecule has 0 aliphatic carbocycles. The topological polar surface area (TPSA) is 66.8 Å². The van der Waals surface area contributed by atoms with Gasteiger partial charge in [0.1, 0.15) is 11.5 Å². The number of benzene rings is 3. The number of rotatable bonds is 5. The van der Waals surface area contributed by atoms with E-state index in [2.05, 4.69) is 15.9 Å². The number of likely N-dealkylation sites (tertiary alicyclic amines) is 1. The minimum absolute atomic E-state index is 0.0813. The number of aliphatic hydroxyl groups is 1. The number of nitrogens with zero attached hydrogens (tertiary/aromatic N) is 1. The summed E-state index contributed by atoms with van der Waals surface area (Å²) in [5, 5.41) is 11.2. The maximum absolute atomic E-state index is 13.2. The first-order valence-corrected chi connectivity index (χ1v) is 10.9. The minimum Gasteiger partial charge on any atom is -0.507 e. The Labute approximate surface area is 195 Å². The fraction of sp³-hybridized carbons (Fsp3) is 0.154. The Bertz CT molecular complexity index is 1220. The van der Waals surface area contributed by atoms with Gasteiger partial charge < -0.3 is 14.7 Å². The Morgan fingerprint density at radius 1 is 1.03 bits per heavy atom. The van der Waals surface area contributed by atoms with Gasteiger partial charge in [-0.1, -0.05) is 70.5 Å². The van der Waals surface area contributed by atoms with Gasteiger partial charge in [0.25, 0.3) is 11.7 Å². The van der Waals surface area contributed by atoms with Crippen LogP contribution in [0.4, 0.5) is 0 Å². The summed E-state index contributed by atoms with van der Waals surface area (Å²) in [5.41, 5.74) is 3.00. The molecule has 4 rings (SSSR count). The highest BCUT2D eigenvalue weighted by Crippen LogP contribution is 2.41. The van der Waals surface area contributed by atoms with Gasteiger partial charge in [-0.3, -0.25) is 9.59 Å². The second kappa shape index (κ2) is 9.01. The fourth-order valence-corrected chi connectivity index (χ4v) is 4.24. The monoisotopic (exact) mass is 491 g/mol. The zero-order chi connectivity index (χ0) is 22.8. The largest absolute Gasteiger partial charge is 0.507 e. The molecule has 0 aromatic heterocycles. The number of aryl methyl sites for hydroxylation is 1. The Kier molecular flexibility index (Phi) is 6.15. The number of ketones is 1. The van der Waals surface area contributed by atoms with Crippen molar-refractivity contribution in [2.75, 3.05) is 7.11 Å². The number of Topliss-reactive ketones (excluding diaryl/α,β-unsaturated/α-hetero) is 1. The van der Waals surface area contributed by atoms with Crippen LogP contribution in [-0.4, -0.2) is 28.8 Å². The fourth-order valence-electron chi connectivity index (χ4n) is 3.99. The smallest absolute Gasteiger partial charge is 0.295 e. The first kappa shape index (κ1) is 21.8. The molecule has 1 atom stereocenters. The van der Waals surface area contributed by atoms with E-state index in [1.54, 1.807) is 19.2 Å². The summed E-state index contributed by atoms with van der Waals surface area (Å²) in [6.07, 6.45) is 0. The summed E-state index contributed by atoms with van der Waals surface area (Å²) in [7, 11) is 1.57. The van der Waals surface area contributed by atoms with Crippen molar-refractivity contribution in [2.24, 2.45) is 0 Å². The van der Waals surface area contributed by atoms with Gasteiger partial charge in [-0.05, 0) is 36.2 Å². The van der Waals surface area contributed by atoms with E-state index in [-0.39, 0.29) is 17.9 Å². The normalized spacial score (nSPS) is 17.6. The van der Waals surface area contributed by atoms with E-state index in [0.29, 0.717) is 11.3 Å². The lowest BCUT2D eigenvalue weighted by molar-refractivity contribution is -0.140. The van der Waals surface area contributed by atoms with E-state index < -0.39 is 17.7 Å². The molecule has 3 aromatic rings. The lowest BCUT2D eigenvalue weighted by atomic mass is 9.95. The molecule has 1 N–H and O–H groups in total. The highest BCUT2D eigenvalue weighted by Gasteiger charge is 2.46. The quantitative estimate of drug-likeness (QED) is 0.295. The van der Waals surface area contributed by atoms with Gasteiger partial charge in [-0.25, -0.2) is 0 Å². The van der Waals surface area contributed by atoms with Crippen molar-refractivity contribution in [2.45, 2.75) is 19.5 Å². The van der Waals surface area contributed by atoms with Gasteiger partial charge in [-0.2, -0.15) is 0 Å². The highest BCUT2D eigenvalue weighted by molar-refractivity contribution is 9.10. The van der Waals surface area contributed by atoms with E-state index in [0.717, 1.165) is 21.2 Å². The zero-order valence-electron chi connectivity index (χ0n) is 17.7. The van der Waals surface area contributed by atoms with E-state index in [1.165, 1.54) is 4.90 Å². The van der Waals surface area contributed by atoms with Crippen molar-refractivity contribution < 1.29 is 19.4 Å². The predicted octanol–water partition coefficient (Wildman–Crippen LogP) is 5.39. The molecule has 5 nitrogen and oxygen atoms in total. The van der Waals surface area contributed by atoms with Crippen LogP contribution in [-0.2, 0) is 16.1 Å². The van der Waals surface area contributed by atoms with Crippen LogP contribution in [0.1, 0.15) is 28.3 Å². The first-order chi connectivity index (χ1) is 15.4. The second-order valence-electron chi connectivity index (χ2n) is 7.61. The Morgan fingerprint density at radius 2 is 1.72 bits per heavy atom. The van der Waals surface area contributed by atoms with E-state index in [1.807, 2.05) is 67.6 Å². The Hall–Kier alpha value is -3.38. The van der Waals surface area contributed by atoms with E-state index in [9.17, 15) is 14.7 Å². The summed E-state index contributed by atoms with van der Waals surface area (Å²) in [4.78, 5) is 27.8. The highest BCUT2D eigenvalue weighted by atomic mass is 79.9. The van der Waals surface area contributed by atoms with Crippen LogP contribution >= 0.6 is 15.9 Å². The Morgan fingerprint density at radius 3 is 2.41 bits per heavy atom. The summed E-state index contributed by atoms with van der Waals surface area (Å²) < 4.78 is 6.33. The number of halogens is 1. The van der Waals surface area contributed by atoms with Crippen molar-refractivity contribution in [3.63, 3.8) is 0 Å². The molecule has 1 saturated heterocycles. The van der Waals surface area contributed by atoms with Gasteiger partial charge in [0.2, 0.25) is 0 Å². The van der Waals surface area contributed by atoms with Crippen LogP contribution < -0.4 is 4.74 Å². The lowest BCUT2D eigenvalue weighted by Crippen LogP contribution is -2.29. The molecule has 32 heavy (non-hydrogen) atoms. The molecule has 1 aliphatic heterocycles. The molecule has 1 heterocycles. The van der Waals surface area contributed by atoms with E-state index >= 15 is 0 Å². The summed E-state index contributed by atoms with van der Waals surface area (Å²) in [6, 6.07) is 21.3. The van der Waals surface area contributed by atoms with Crippen LogP contribution in [0.15, 0.2) is 82.8 Å². The van der Waals surface area contributed by atoms with Crippen molar-refractivity contribution in [3.8, 4) is 5.75 Å².